The van der Waals surface area contributed by atoms with E-state index in [1.54, 1.807) is 0 Å². The average Bonchev–Trinajstić information content (AvgIpc) is 2.12. The Hall–Kier alpha value is -0.570. The Morgan fingerprint density at radius 3 is 1.93 bits per heavy atom. The first-order valence-electron chi connectivity index (χ1n) is 5.26. The van der Waals surface area contributed by atoms with Gasteiger partial charge in [-0.25, -0.2) is 0 Å². The molecule has 84 valence electrons. The lowest BCUT2D eigenvalue weighted by atomic mass is 9.93. The zero-order valence-corrected chi connectivity index (χ0v) is 9.98. The van der Waals surface area contributed by atoms with Gasteiger partial charge in [0.05, 0.1) is 5.60 Å². The van der Waals surface area contributed by atoms with Gasteiger partial charge in [0.25, 0.3) is 0 Å². The van der Waals surface area contributed by atoms with E-state index in [-0.39, 0.29) is 11.3 Å². The molecule has 0 aromatic heterocycles. The molecule has 0 aliphatic rings. The maximum Gasteiger partial charge on any atom is 0.225 e. The van der Waals surface area contributed by atoms with Crippen molar-refractivity contribution in [1.82, 2.24) is 5.32 Å². The minimum atomic E-state index is -0.749. The van der Waals surface area contributed by atoms with Gasteiger partial charge in [-0.3, -0.25) is 4.79 Å². The average molecular weight is 201 g/mol. The first-order valence-corrected chi connectivity index (χ1v) is 5.26. The fourth-order valence-corrected chi connectivity index (χ4v) is 1.01. The maximum atomic E-state index is 11.5. The van der Waals surface area contributed by atoms with Gasteiger partial charge in [-0.2, -0.15) is 0 Å². The molecule has 14 heavy (non-hydrogen) atoms. The summed E-state index contributed by atoms with van der Waals surface area (Å²) in [4.78, 5) is 11.5. The molecule has 0 aliphatic carbocycles. The highest BCUT2D eigenvalue weighted by molar-refractivity contribution is 5.81. The first kappa shape index (κ1) is 13.4. The summed E-state index contributed by atoms with van der Waals surface area (Å²) >= 11 is 0. The molecule has 0 bridgehead atoms. The summed E-state index contributed by atoms with van der Waals surface area (Å²) in [5, 5.41) is 12.7. The van der Waals surface area contributed by atoms with E-state index in [1.807, 2.05) is 34.6 Å². The van der Waals surface area contributed by atoms with E-state index in [2.05, 4.69) is 5.32 Å². The molecule has 0 radical (unpaired) electrons. The molecule has 0 fully saturated rings. The van der Waals surface area contributed by atoms with Crippen molar-refractivity contribution < 1.29 is 9.90 Å². The van der Waals surface area contributed by atoms with Crippen LogP contribution in [0.25, 0.3) is 0 Å². The minimum Gasteiger partial charge on any atom is -0.388 e. The summed E-state index contributed by atoms with van der Waals surface area (Å²) in [5.74, 6) is -0.0159. The summed E-state index contributed by atoms with van der Waals surface area (Å²) < 4.78 is 0. The van der Waals surface area contributed by atoms with Crippen LogP contribution in [0.3, 0.4) is 0 Å². The summed E-state index contributed by atoms with van der Waals surface area (Å²) in [6, 6.07) is 0. The van der Waals surface area contributed by atoms with E-state index in [0.717, 1.165) is 0 Å². The van der Waals surface area contributed by atoms with Crippen LogP contribution in [0.15, 0.2) is 0 Å². The highest BCUT2D eigenvalue weighted by Gasteiger charge is 2.26. The van der Waals surface area contributed by atoms with Crippen molar-refractivity contribution in [3.05, 3.63) is 0 Å². The van der Waals surface area contributed by atoms with Gasteiger partial charge in [-0.05, 0) is 12.8 Å². The molecule has 3 nitrogen and oxygen atoms in total. The summed E-state index contributed by atoms with van der Waals surface area (Å²) in [7, 11) is 0. The second-order valence-electron chi connectivity index (χ2n) is 4.86. The third-order valence-corrected chi connectivity index (χ3v) is 2.58. The van der Waals surface area contributed by atoms with Crippen LogP contribution in [0.1, 0.15) is 47.5 Å². The number of hydrogen-bond acceptors (Lipinski definition) is 2. The molecule has 0 rings (SSSR count). The van der Waals surface area contributed by atoms with Gasteiger partial charge in [-0.1, -0.05) is 34.6 Å². The summed E-state index contributed by atoms with van der Waals surface area (Å²) in [5.41, 5.74) is -1.14. The van der Waals surface area contributed by atoms with E-state index in [1.165, 1.54) is 0 Å². The first-order chi connectivity index (χ1) is 6.25. The van der Waals surface area contributed by atoms with Crippen molar-refractivity contribution >= 4 is 5.91 Å². The van der Waals surface area contributed by atoms with Crippen molar-refractivity contribution in [1.29, 1.82) is 0 Å². The zero-order chi connectivity index (χ0) is 11.4. The van der Waals surface area contributed by atoms with Crippen molar-refractivity contribution in [3.63, 3.8) is 0 Å². The van der Waals surface area contributed by atoms with Gasteiger partial charge >= 0.3 is 0 Å². The van der Waals surface area contributed by atoms with Gasteiger partial charge in [0, 0.05) is 12.0 Å². The van der Waals surface area contributed by atoms with Crippen molar-refractivity contribution in [2.45, 2.75) is 53.1 Å². The molecule has 2 N–H and O–H groups in total. The minimum absolute atomic E-state index is 0.0159. The van der Waals surface area contributed by atoms with E-state index >= 15 is 0 Å². The molecule has 0 aromatic carbocycles. The van der Waals surface area contributed by atoms with Crippen molar-refractivity contribution in [2.75, 3.05) is 6.54 Å². The topological polar surface area (TPSA) is 49.3 Å². The Bertz CT molecular complexity index is 190. The third-order valence-electron chi connectivity index (χ3n) is 2.58. The number of rotatable bonds is 4. The lowest BCUT2D eigenvalue weighted by Crippen LogP contribution is -2.45. The highest BCUT2D eigenvalue weighted by Crippen LogP contribution is 2.16. The van der Waals surface area contributed by atoms with Gasteiger partial charge in [0.1, 0.15) is 0 Å². The molecular formula is C11H23NO2. The number of amides is 1. The molecule has 0 heterocycles. The Balaban J connectivity index is 4.12. The fraction of sp³-hybridized carbons (Fsp3) is 0.909. The molecule has 0 atom stereocenters. The monoisotopic (exact) mass is 201 g/mol. The predicted octanol–water partition coefficient (Wildman–Crippen LogP) is 1.70. The molecule has 0 aliphatic heterocycles. The SMILES string of the molecule is CCC(O)(CC)CNC(=O)C(C)(C)C. The smallest absolute Gasteiger partial charge is 0.225 e. The lowest BCUT2D eigenvalue weighted by Gasteiger charge is -2.27. The largest absolute Gasteiger partial charge is 0.388 e. The van der Waals surface area contributed by atoms with E-state index < -0.39 is 5.60 Å². The van der Waals surface area contributed by atoms with Gasteiger partial charge in [-0.15, -0.1) is 0 Å². The normalized spacial score (nSPS) is 12.7. The van der Waals surface area contributed by atoms with E-state index in [9.17, 15) is 9.90 Å². The number of hydrogen-bond donors (Lipinski definition) is 2. The van der Waals surface area contributed by atoms with E-state index in [4.69, 9.17) is 0 Å². The van der Waals surface area contributed by atoms with Crippen LogP contribution < -0.4 is 5.32 Å². The molecule has 0 unspecified atom stereocenters. The predicted molar refractivity (Wildman–Crippen MR) is 58.0 cm³/mol. The van der Waals surface area contributed by atoms with Crippen LogP contribution in [0, 0.1) is 5.41 Å². The van der Waals surface area contributed by atoms with Crippen LogP contribution in [0.4, 0.5) is 0 Å². The van der Waals surface area contributed by atoms with Crippen molar-refractivity contribution in [3.8, 4) is 0 Å². The van der Waals surface area contributed by atoms with Gasteiger partial charge in [0.15, 0.2) is 0 Å². The second-order valence-corrected chi connectivity index (χ2v) is 4.86. The number of carbonyl (C=O) groups is 1. The lowest BCUT2D eigenvalue weighted by molar-refractivity contribution is -0.129. The van der Waals surface area contributed by atoms with Gasteiger partial charge in [0.2, 0.25) is 5.91 Å². The number of nitrogens with one attached hydrogen (secondary N) is 1. The Morgan fingerprint density at radius 2 is 1.64 bits per heavy atom. The molecule has 1 amide bonds. The standard InChI is InChI=1S/C11H23NO2/c1-6-11(14,7-2)8-12-9(13)10(3,4)5/h14H,6-8H2,1-5H3,(H,12,13). The second kappa shape index (κ2) is 4.78. The van der Waals surface area contributed by atoms with Crippen LogP contribution in [-0.2, 0) is 4.79 Å². The number of carbonyl (C=O) groups excluding carboxylic acids is 1. The molecule has 0 saturated carbocycles. The van der Waals surface area contributed by atoms with Crippen LogP contribution in [0.5, 0.6) is 0 Å². The molecule has 0 saturated heterocycles. The highest BCUT2D eigenvalue weighted by atomic mass is 16.3. The molecule has 0 aromatic rings. The van der Waals surface area contributed by atoms with E-state index in [0.29, 0.717) is 19.4 Å². The Kier molecular flexibility index (Phi) is 4.59. The summed E-state index contributed by atoms with van der Waals surface area (Å²) in [6.07, 6.45) is 1.32. The molecule has 3 heteroatoms. The quantitative estimate of drug-likeness (QED) is 0.727. The fourth-order valence-electron chi connectivity index (χ4n) is 1.01. The van der Waals surface area contributed by atoms with Crippen molar-refractivity contribution in [2.24, 2.45) is 5.41 Å². The summed E-state index contributed by atoms with van der Waals surface area (Å²) in [6.45, 7) is 9.77. The molecular weight excluding hydrogens is 178 g/mol. The number of aliphatic hydroxyl groups is 1. The van der Waals surface area contributed by atoms with Crippen LogP contribution in [-0.4, -0.2) is 23.2 Å². The molecule has 0 spiro atoms. The Morgan fingerprint density at radius 1 is 1.21 bits per heavy atom. The van der Waals surface area contributed by atoms with Gasteiger partial charge < -0.3 is 10.4 Å². The Labute approximate surface area is 86.9 Å². The van der Waals surface area contributed by atoms with Crippen LogP contribution in [0.2, 0.25) is 0 Å². The maximum absolute atomic E-state index is 11.5. The zero-order valence-electron chi connectivity index (χ0n) is 9.98. The third kappa shape index (κ3) is 4.09. The van der Waals surface area contributed by atoms with Crippen LogP contribution >= 0.6 is 0 Å².